The molecule has 0 bridgehead atoms. The van der Waals surface area contributed by atoms with Gasteiger partial charge in [-0.05, 0) is 37.7 Å². The average Bonchev–Trinajstić information content (AvgIpc) is 2.42. The van der Waals surface area contributed by atoms with Crippen LogP contribution in [0, 0.1) is 11.3 Å². The van der Waals surface area contributed by atoms with E-state index in [4.69, 9.17) is 5.11 Å². The Bertz CT molecular complexity index is 415. The number of hydrogen-bond donors (Lipinski definition) is 1. The number of aliphatic hydroxyl groups is 1. The van der Waals surface area contributed by atoms with Crippen molar-refractivity contribution in [3.63, 3.8) is 0 Å². The molecule has 1 aromatic rings. The van der Waals surface area contributed by atoms with Gasteiger partial charge in [0.25, 0.3) is 0 Å². The largest absolute Gasteiger partial charge is 0.396 e. The second-order valence-electron chi connectivity index (χ2n) is 4.17. The van der Waals surface area contributed by atoms with E-state index in [1.165, 1.54) is 0 Å². The summed E-state index contributed by atoms with van der Waals surface area (Å²) in [6.45, 7) is 1.17. The highest BCUT2D eigenvalue weighted by Crippen LogP contribution is 2.28. The zero-order chi connectivity index (χ0) is 13.4. The van der Waals surface area contributed by atoms with Gasteiger partial charge in [-0.25, -0.2) is 0 Å². The van der Waals surface area contributed by atoms with Crippen molar-refractivity contribution in [2.24, 2.45) is 0 Å². The van der Waals surface area contributed by atoms with Crippen LogP contribution in [-0.4, -0.2) is 31.6 Å². The Morgan fingerprint density at radius 3 is 2.72 bits per heavy atom. The van der Waals surface area contributed by atoms with Crippen molar-refractivity contribution in [1.82, 2.24) is 0 Å². The van der Waals surface area contributed by atoms with E-state index >= 15 is 0 Å². The predicted molar refractivity (Wildman–Crippen MR) is 77.1 cm³/mol. The van der Waals surface area contributed by atoms with Gasteiger partial charge in [-0.3, -0.25) is 0 Å². The number of hydrogen-bond acceptors (Lipinski definition) is 4. The number of aliphatic hydroxyl groups excluding tert-OH is 1. The third kappa shape index (κ3) is 3.94. The quantitative estimate of drug-likeness (QED) is 0.607. The molecule has 1 N–H and O–H groups in total. The number of thioether (sulfide) groups is 1. The van der Waals surface area contributed by atoms with Gasteiger partial charge in [0.05, 0.1) is 11.3 Å². The van der Waals surface area contributed by atoms with Gasteiger partial charge < -0.3 is 10.0 Å². The molecule has 0 heterocycles. The van der Waals surface area contributed by atoms with E-state index in [2.05, 4.69) is 11.0 Å². The van der Waals surface area contributed by atoms with Crippen molar-refractivity contribution in [1.29, 1.82) is 5.26 Å². The molecule has 0 saturated carbocycles. The molecule has 0 amide bonds. The Balaban J connectivity index is 2.73. The summed E-state index contributed by atoms with van der Waals surface area (Å²) >= 11 is 1.60. The highest BCUT2D eigenvalue weighted by Gasteiger charge is 2.10. The zero-order valence-corrected chi connectivity index (χ0v) is 11.8. The molecule has 18 heavy (non-hydrogen) atoms. The lowest BCUT2D eigenvalue weighted by molar-refractivity contribution is 0.283. The molecule has 0 unspecified atom stereocenters. The molecule has 0 atom stereocenters. The first-order valence-corrected chi connectivity index (χ1v) is 7.36. The van der Waals surface area contributed by atoms with Crippen LogP contribution in [0.3, 0.4) is 0 Å². The summed E-state index contributed by atoms with van der Waals surface area (Å²) in [6.07, 6.45) is 4.89. The van der Waals surface area contributed by atoms with Crippen LogP contribution >= 0.6 is 11.8 Å². The normalized spacial score (nSPS) is 10.1. The van der Waals surface area contributed by atoms with Crippen LogP contribution in [0.25, 0.3) is 0 Å². The topological polar surface area (TPSA) is 47.3 Å². The molecule has 0 aliphatic heterocycles. The smallest absolute Gasteiger partial charge is 0.102 e. The molecule has 0 spiro atoms. The van der Waals surface area contributed by atoms with Gasteiger partial charge in [0.15, 0.2) is 0 Å². The summed E-state index contributed by atoms with van der Waals surface area (Å²) in [6, 6.07) is 8.26. The molecule has 0 aromatic heterocycles. The third-order valence-corrected chi connectivity index (χ3v) is 3.68. The summed E-state index contributed by atoms with van der Waals surface area (Å²) in [5.74, 6) is 0. The van der Waals surface area contributed by atoms with Crippen LogP contribution in [0.2, 0.25) is 0 Å². The maximum atomic E-state index is 9.27. The fraction of sp³-hybridized carbons (Fsp3) is 0.500. The second kappa shape index (κ2) is 8.02. The van der Waals surface area contributed by atoms with E-state index in [0.29, 0.717) is 0 Å². The van der Waals surface area contributed by atoms with Crippen molar-refractivity contribution in [3.8, 4) is 6.07 Å². The van der Waals surface area contributed by atoms with E-state index in [1.807, 2.05) is 31.5 Å². The van der Waals surface area contributed by atoms with Gasteiger partial charge in [0.1, 0.15) is 6.07 Å². The molecule has 0 aliphatic carbocycles. The first kappa shape index (κ1) is 14.9. The fourth-order valence-electron chi connectivity index (χ4n) is 1.88. The predicted octanol–water partition coefficient (Wildman–Crippen LogP) is 2.88. The average molecular weight is 264 g/mol. The molecule has 0 saturated heterocycles. The Morgan fingerprint density at radius 2 is 2.11 bits per heavy atom. The number of rotatable bonds is 7. The number of unbranched alkanes of at least 4 members (excludes halogenated alkanes) is 2. The van der Waals surface area contributed by atoms with Gasteiger partial charge in [-0.1, -0.05) is 6.07 Å². The SMILES string of the molecule is CSc1cccc(N(C)CCCCCO)c1C#N. The molecular formula is C14H20N2OS. The Morgan fingerprint density at radius 1 is 1.33 bits per heavy atom. The van der Waals surface area contributed by atoms with E-state index in [9.17, 15) is 5.26 Å². The third-order valence-electron chi connectivity index (χ3n) is 2.90. The molecule has 1 rings (SSSR count). The van der Waals surface area contributed by atoms with Gasteiger partial charge >= 0.3 is 0 Å². The number of nitriles is 1. The van der Waals surface area contributed by atoms with Gasteiger partial charge in [-0.15, -0.1) is 11.8 Å². The van der Waals surface area contributed by atoms with Crippen molar-refractivity contribution >= 4 is 17.4 Å². The summed E-state index contributed by atoms with van der Waals surface area (Å²) in [5, 5.41) is 18.0. The summed E-state index contributed by atoms with van der Waals surface area (Å²) in [4.78, 5) is 3.15. The molecule has 98 valence electrons. The molecule has 4 heteroatoms. The van der Waals surface area contributed by atoms with E-state index in [-0.39, 0.29) is 6.61 Å². The van der Waals surface area contributed by atoms with Gasteiger partial charge in [0, 0.05) is 25.1 Å². The van der Waals surface area contributed by atoms with Crippen molar-refractivity contribution < 1.29 is 5.11 Å². The fourth-order valence-corrected chi connectivity index (χ4v) is 2.45. The van der Waals surface area contributed by atoms with E-state index in [0.717, 1.165) is 42.0 Å². The summed E-state index contributed by atoms with van der Waals surface area (Å²) < 4.78 is 0. The van der Waals surface area contributed by atoms with E-state index < -0.39 is 0 Å². The molecular weight excluding hydrogens is 244 g/mol. The van der Waals surface area contributed by atoms with Crippen LogP contribution in [0.15, 0.2) is 23.1 Å². The zero-order valence-electron chi connectivity index (χ0n) is 11.0. The maximum absolute atomic E-state index is 9.27. The minimum absolute atomic E-state index is 0.259. The van der Waals surface area contributed by atoms with Gasteiger partial charge in [0.2, 0.25) is 0 Å². The molecule has 1 aromatic carbocycles. The van der Waals surface area contributed by atoms with E-state index in [1.54, 1.807) is 11.8 Å². The maximum Gasteiger partial charge on any atom is 0.102 e. The lowest BCUT2D eigenvalue weighted by Crippen LogP contribution is -2.19. The minimum Gasteiger partial charge on any atom is -0.396 e. The lowest BCUT2D eigenvalue weighted by Gasteiger charge is -2.21. The highest BCUT2D eigenvalue weighted by molar-refractivity contribution is 7.98. The molecule has 0 radical (unpaired) electrons. The number of anilines is 1. The Hall–Kier alpha value is -1.18. The van der Waals surface area contributed by atoms with Crippen LogP contribution in [0.5, 0.6) is 0 Å². The standard InChI is InChI=1S/C14H20N2OS/c1-16(9-4-3-5-10-17)13-7-6-8-14(18-2)12(13)11-15/h6-8,17H,3-5,9-10H2,1-2H3. The first-order chi connectivity index (χ1) is 8.74. The van der Waals surface area contributed by atoms with Crippen LogP contribution in [-0.2, 0) is 0 Å². The first-order valence-electron chi connectivity index (χ1n) is 6.13. The molecule has 0 fully saturated rings. The minimum atomic E-state index is 0.259. The number of nitrogens with zero attached hydrogens (tertiary/aromatic N) is 2. The number of benzene rings is 1. The monoisotopic (exact) mass is 264 g/mol. The van der Waals surface area contributed by atoms with Crippen LogP contribution < -0.4 is 4.90 Å². The second-order valence-corrected chi connectivity index (χ2v) is 5.02. The van der Waals surface area contributed by atoms with Crippen molar-refractivity contribution in [2.45, 2.75) is 24.2 Å². The molecule has 0 aliphatic rings. The van der Waals surface area contributed by atoms with Gasteiger partial charge in [-0.2, -0.15) is 5.26 Å². The Kier molecular flexibility index (Phi) is 6.63. The summed E-state index contributed by atoms with van der Waals surface area (Å²) in [5.41, 5.74) is 1.75. The van der Waals surface area contributed by atoms with Crippen LogP contribution in [0.4, 0.5) is 5.69 Å². The van der Waals surface area contributed by atoms with Crippen LogP contribution in [0.1, 0.15) is 24.8 Å². The Labute approximate surface area is 113 Å². The summed E-state index contributed by atoms with van der Waals surface area (Å²) in [7, 11) is 2.01. The van der Waals surface area contributed by atoms with Crippen molar-refractivity contribution in [3.05, 3.63) is 23.8 Å². The highest BCUT2D eigenvalue weighted by atomic mass is 32.2. The molecule has 3 nitrogen and oxygen atoms in total. The lowest BCUT2D eigenvalue weighted by atomic mass is 10.1. The van der Waals surface area contributed by atoms with Crippen molar-refractivity contribution in [2.75, 3.05) is 31.4 Å².